The fourth-order valence-corrected chi connectivity index (χ4v) is 3.10. The van der Waals surface area contributed by atoms with Gasteiger partial charge in [-0.25, -0.2) is 9.98 Å². The Morgan fingerprint density at radius 2 is 2.12 bits per heavy atom. The zero-order valence-electron chi connectivity index (χ0n) is 13.2. The molecule has 6 N–H and O–H groups in total. The van der Waals surface area contributed by atoms with Crippen LogP contribution in [-0.4, -0.2) is 17.2 Å². The van der Waals surface area contributed by atoms with E-state index < -0.39 is 6.04 Å². The number of aromatic nitrogens is 1. The van der Waals surface area contributed by atoms with Crippen LogP contribution in [0.15, 0.2) is 34.2 Å². The topological polar surface area (TPSA) is 149 Å². The Bertz CT molecular complexity index is 954. The molecule has 3 rings (SSSR count). The van der Waals surface area contributed by atoms with E-state index in [9.17, 15) is 5.26 Å². The first-order chi connectivity index (χ1) is 12.1. The monoisotopic (exact) mass is 350 g/mol. The lowest BCUT2D eigenvalue weighted by molar-refractivity contribution is 0.843. The number of guanidine groups is 1. The summed E-state index contributed by atoms with van der Waals surface area (Å²) in [5.74, 6) is 0.646. The molecule has 9 heteroatoms. The molecule has 25 heavy (non-hydrogen) atoms. The molecule has 1 aromatic carbocycles. The Kier molecular flexibility index (Phi) is 4.33. The molecule has 0 bridgehead atoms. The van der Waals surface area contributed by atoms with Crippen molar-refractivity contribution in [3.63, 3.8) is 0 Å². The first kappa shape index (κ1) is 16.4. The number of rotatable bonds is 2. The number of nitrogens with one attached hydrogen (secondary N) is 2. The fraction of sp³-hybridized carbons (Fsp3) is 0.125. The highest BCUT2D eigenvalue weighted by molar-refractivity contribution is 7.98. The number of thioether (sulfide) groups is 1. The highest BCUT2D eigenvalue weighted by Crippen LogP contribution is 2.40. The van der Waals surface area contributed by atoms with Crippen LogP contribution in [0, 0.1) is 22.8 Å². The Labute approximate surface area is 148 Å². The predicted molar refractivity (Wildman–Crippen MR) is 97.6 cm³/mol. The molecule has 0 fully saturated rings. The van der Waals surface area contributed by atoms with E-state index in [1.54, 1.807) is 11.8 Å². The lowest BCUT2D eigenvalue weighted by Crippen LogP contribution is -2.32. The molecule has 1 aliphatic rings. The minimum absolute atomic E-state index is 0.0288. The summed E-state index contributed by atoms with van der Waals surface area (Å²) in [4.78, 5) is 9.80. The number of benzene rings is 1. The number of aliphatic imine (C=N–C) groups is 1. The van der Waals surface area contributed by atoms with E-state index >= 15 is 0 Å². The average molecular weight is 350 g/mol. The summed E-state index contributed by atoms with van der Waals surface area (Å²) in [6, 6.07) is 9.27. The molecule has 1 unspecified atom stereocenters. The molecule has 0 aliphatic carbocycles. The summed E-state index contributed by atoms with van der Waals surface area (Å²) in [7, 11) is 0. The Balaban J connectivity index is 2.24. The molecule has 0 saturated carbocycles. The van der Waals surface area contributed by atoms with Crippen LogP contribution in [-0.2, 0) is 0 Å². The summed E-state index contributed by atoms with van der Waals surface area (Å²) in [5.41, 5.74) is 13.8. The van der Waals surface area contributed by atoms with Crippen molar-refractivity contribution in [2.24, 2.45) is 4.99 Å². The highest BCUT2D eigenvalue weighted by Gasteiger charge is 2.29. The highest BCUT2D eigenvalue weighted by atomic mass is 32.2. The molecule has 1 aliphatic heterocycles. The Morgan fingerprint density at radius 3 is 2.80 bits per heavy atom. The second kappa shape index (κ2) is 6.59. The maximum absolute atomic E-state index is 9.31. The lowest BCUT2D eigenvalue weighted by Gasteiger charge is -2.26. The number of nitrogens with two attached hydrogens (primary N) is 2. The zero-order valence-corrected chi connectivity index (χ0v) is 14.1. The van der Waals surface area contributed by atoms with E-state index in [0.29, 0.717) is 11.4 Å². The molecule has 0 amide bonds. The summed E-state index contributed by atoms with van der Waals surface area (Å²) < 4.78 is 0. The Hall–Kier alpha value is -3.43. The summed E-state index contributed by atoms with van der Waals surface area (Å²) in [6.45, 7) is 0. The number of pyridine rings is 1. The molecule has 1 aromatic heterocycles. The van der Waals surface area contributed by atoms with Crippen LogP contribution in [0.2, 0.25) is 0 Å². The van der Waals surface area contributed by atoms with E-state index in [-0.39, 0.29) is 23.0 Å². The van der Waals surface area contributed by atoms with Crippen molar-refractivity contribution >= 4 is 35.0 Å². The van der Waals surface area contributed by atoms with Crippen molar-refractivity contribution in [2.45, 2.75) is 10.9 Å². The zero-order chi connectivity index (χ0) is 18.0. The van der Waals surface area contributed by atoms with Crippen molar-refractivity contribution in [1.82, 2.24) is 10.3 Å². The minimum atomic E-state index is -0.514. The van der Waals surface area contributed by atoms with Crippen LogP contribution >= 0.6 is 11.8 Å². The van der Waals surface area contributed by atoms with Gasteiger partial charge in [-0.3, -0.25) is 5.32 Å². The van der Waals surface area contributed by atoms with E-state index in [0.717, 1.165) is 10.5 Å². The molecular formula is C16H14N8S. The molecule has 8 nitrogen and oxygen atoms in total. The van der Waals surface area contributed by atoms with E-state index in [4.69, 9.17) is 16.7 Å². The van der Waals surface area contributed by atoms with Crippen LogP contribution in [0.4, 0.5) is 17.3 Å². The van der Waals surface area contributed by atoms with Gasteiger partial charge < -0.3 is 16.8 Å². The average Bonchev–Trinajstić information content (AvgIpc) is 2.61. The van der Waals surface area contributed by atoms with Crippen LogP contribution in [0.1, 0.15) is 22.7 Å². The van der Waals surface area contributed by atoms with Gasteiger partial charge in [0.15, 0.2) is 6.19 Å². The van der Waals surface area contributed by atoms with Crippen LogP contribution in [0.3, 0.4) is 0 Å². The molecule has 0 spiro atoms. The first-order valence-electron chi connectivity index (χ1n) is 7.21. The van der Waals surface area contributed by atoms with Crippen LogP contribution in [0.5, 0.6) is 0 Å². The lowest BCUT2D eigenvalue weighted by atomic mass is 9.95. The summed E-state index contributed by atoms with van der Waals surface area (Å²) >= 11 is 1.60. The summed E-state index contributed by atoms with van der Waals surface area (Å²) in [6.07, 6.45) is 3.80. The maximum Gasteiger partial charge on any atom is 0.211 e. The van der Waals surface area contributed by atoms with Gasteiger partial charge in [0.2, 0.25) is 5.96 Å². The van der Waals surface area contributed by atoms with Gasteiger partial charge >= 0.3 is 0 Å². The number of nitrogens with zero attached hydrogens (tertiary/aromatic N) is 4. The van der Waals surface area contributed by atoms with E-state index in [1.165, 1.54) is 0 Å². The minimum Gasteiger partial charge on any atom is -0.397 e. The van der Waals surface area contributed by atoms with Gasteiger partial charge in [0.05, 0.1) is 5.69 Å². The third-order valence-electron chi connectivity index (χ3n) is 3.77. The van der Waals surface area contributed by atoms with Gasteiger partial charge in [0.25, 0.3) is 0 Å². The molecule has 1 atom stereocenters. The molecule has 0 saturated heterocycles. The van der Waals surface area contributed by atoms with Crippen molar-refractivity contribution in [1.29, 1.82) is 10.5 Å². The van der Waals surface area contributed by atoms with E-state index in [1.807, 2.05) is 42.8 Å². The largest absolute Gasteiger partial charge is 0.397 e. The molecule has 124 valence electrons. The fourth-order valence-electron chi connectivity index (χ4n) is 2.63. The van der Waals surface area contributed by atoms with Crippen molar-refractivity contribution in [2.75, 3.05) is 23.0 Å². The smallest absolute Gasteiger partial charge is 0.211 e. The molecular weight excluding hydrogens is 336 g/mol. The number of fused-ring (bicyclic) bond motifs is 1. The quantitative estimate of drug-likeness (QED) is 0.364. The molecule has 2 aromatic rings. The predicted octanol–water partition coefficient (Wildman–Crippen LogP) is 1.78. The molecule has 2 heterocycles. The number of anilines is 3. The number of nitrogen functional groups attached to an aromatic ring is 2. The normalized spacial score (nSPS) is 15.2. The van der Waals surface area contributed by atoms with Crippen molar-refractivity contribution in [3.8, 4) is 12.3 Å². The van der Waals surface area contributed by atoms with Gasteiger partial charge in [-0.1, -0.05) is 12.1 Å². The third kappa shape index (κ3) is 2.89. The third-order valence-corrected chi connectivity index (χ3v) is 4.49. The standard InChI is InChI=1S/C16H14N8S/c1-25-9-4-2-3-8(5-9)13-11-12(19)10(6-17)14(20)23-15(11)24-16(22-13)21-7-18/h2-5,13H,1H3,(H6,19,20,21,22,23,24). The van der Waals surface area contributed by atoms with Gasteiger partial charge in [-0.2, -0.15) is 10.5 Å². The van der Waals surface area contributed by atoms with Gasteiger partial charge in [0.1, 0.15) is 29.3 Å². The van der Waals surface area contributed by atoms with Crippen LogP contribution < -0.4 is 22.1 Å². The van der Waals surface area contributed by atoms with Gasteiger partial charge in [-0.05, 0) is 24.0 Å². The van der Waals surface area contributed by atoms with Crippen molar-refractivity contribution in [3.05, 3.63) is 41.0 Å². The number of hydrogen-bond donors (Lipinski definition) is 4. The van der Waals surface area contributed by atoms with Gasteiger partial charge in [0, 0.05) is 10.5 Å². The Morgan fingerprint density at radius 1 is 1.32 bits per heavy atom. The maximum atomic E-state index is 9.31. The van der Waals surface area contributed by atoms with Crippen LogP contribution in [0.25, 0.3) is 0 Å². The second-order valence-corrected chi connectivity index (χ2v) is 6.06. The number of hydrogen-bond acceptors (Lipinski definition) is 9. The SMILES string of the molecule is CSc1cccc(C2N=C(NC#N)Nc3nc(N)c(C#N)c(N)c32)c1. The summed E-state index contributed by atoms with van der Waals surface area (Å²) in [5, 5.41) is 23.6. The molecule has 0 radical (unpaired) electrons. The number of nitriles is 2. The second-order valence-electron chi connectivity index (χ2n) is 5.18. The van der Waals surface area contributed by atoms with Crippen molar-refractivity contribution < 1.29 is 0 Å². The first-order valence-corrected chi connectivity index (χ1v) is 8.44. The van der Waals surface area contributed by atoms with Gasteiger partial charge in [-0.15, -0.1) is 11.8 Å². The van der Waals surface area contributed by atoms with E-state index in [2.05, 4.69) is 20.6 Å².